The van der Waals surface area contributed by atoms with Crippen molar-refractivity contribution in [3.05, 3.63) is 60.0 Å². The number of nitrogens with two attached hydrogens (primary N) is 1. The fourth-order valence-corrected chi connectivity index (χ4v) is 2.57. The molecule has 0 amide bonds. The summed E-state index contributed by atoms with van der Waals surface area (Å²) in [5, 5.41) is 5.45. The molecule has 0 fully saturated rings. The molecule has 3 N–H and O–H groups in total. The number of nitrogens with one attached hydrogen (secondary N) is 1. The maximum Gasteiger partial charge on any atom is 0.140 e. The number of aromatic nitrogens is 2. The zero-order valence-electron chi connectivity index (χ0n) is 11.5. The van der Waals surface area contributed by atoms with Crippen LogP contribution in [0.1, 0.15) is 11.1 Å². The fraction of sp³-hybridized carbons (Fsp3) is 0.0625. The third-order valence-electron chi connectivity index (χ3n) is 3.34. The zero-order chi connectivity index (χ0) is 14.8. The second-order valence-electron chi connectivity index (χ2n) is 4.74. The number of fused-ring (bicyclic) bond motifs is 1. The molecule has 3 aromatic rings. The molecule has 2 aromatic heterocycles. The van der Waals surface area contributed by atoms with Crippen molar-refractivity contribution < 1.29 is 0 Å². The van der Waals surface area contributed by atoms with Gasteiger partial charge in [0.1, 0.15) is 10.8 Å². The summed E-state index contributed by atoms with van der Waals surface area (Å²) in [4.78, 5) is 8.88. The molecule has 3 rings (SSSR count). The van der Waals surface area contributed by atoms with E-state index in [9.17, 15) is 0 Å². The van der Waals surface area contributed by atoms with E-state index in [4.69, 9.17) is 18.0 Å². The fourth-order valence-electron chi connectivity index (χ4n) is 2.31. The van der Waals surface area contributed by atoms with Gasteiger partial charge in [-0.3, -0.25) is 4.98 Å². The highest BCUT2D eigenvalue weighted by molar-refractivity contribution is 7.80. The first kappa shape index (κ1) is 13.5. The van der Waals surface area contributed by atoms with E-state index >= 15 is 0 Å². The third kappa shape index (κ3) is 2.55. The van der Waals surface area contributed by atoms with Crippen LogP contribution >= 0.6 is 12.2 Å². The van der Waals surface area contributed by atoms with Crippen molar-refractivity contribution in [1.29, 1.82) is 0 Å². The maximum atomic E-state index is 5.82. The number of nitrogens with zero attached hydrogens (tertiary/aromatic N) is 2. The Morgan fingerprint density at radius 3 is 2.86 bits per heavy atom. The molecule has 0 aliphatic heterocycles. The normalized spacial score (nSPS) is 10.5. The molecular weight excluding hydrogens is 280 g/mol. The van der Waals surface area contributed by atoms with Crippen LogP contribution in [0.25, 0.3) is 10.8 Å². The molecule has 4 nitrogen and oxygen atoms in total. The van der Waals surface area contributed by atoms with Crippen molar-refractivity contribution >= 4 is 39.5 Å². The van der Waals surface area contributed by atoms with Crippen LogP contribution < -0.4 is 11.1 Å². The minimum atomic E-state index is 0.335. The van der Waals surface area contributed by atoms with E-state index < -0.39 is 0 Å². The first-order valence-electron chi connectivity index (χ1n) is 6.52. The summed E-state index contributed by atoms with van der Waals surface area (Å²) in [5.74, 6) is 0.666. The van der Waals surface area contributed by atoms with E-state index in [1.54, 1.807) is 12.4 Å². The molecule has 0 bridgehead atoms. The molecule has 0 radical (unpaired) electrons. The van der Waals surface area contributed by atoms with Crippen molar-refractivity contribution in [3.63, 3.8) is 0 Å². The topological polar surface area (TPSA) is 63.8 Å². The lowest BCUT2D eigenvalue weighted by atomic mass is 10.1. The summed E-state index contributed by atoms with van der Waals surface area (Å²) in [5.41, 5.74) is 8.52. The Morgan fingerprint density at radius 2 is 2.05 bits per heavy atom. The van der Waals surface area contributed by atoms with Gasteiger partial charge in [-0.05, 0) is 36.1 Å². The largest absolute Gasteiger partial charge is 0.389 e. The van der Waals surface area contributed by atoms with Crippen LogP contribution in [0.3, 0.4) is 0 Å². The lowest BCUT2D eigenvalue weighted by molar-refractivity contribution is 1.26. The van der Waals surface area contributed by atoms with Crippen LogP contribution in [0.15, 0.2) is 48.9 Å². The Kier molecular flexibility index (Phi) is 3.50. The van der Waals surface area contributed by atoms with E-state index in [-0.39, 0.29) is 0 Å². The molecule has 0 aliphatic carbocycles. The van der Waals surface area contributed by atoms with Gasteiger partial charge in [-0.1, -0.05) is 24.4 Å². The van der Waals surface area contributed by atoms with Crippen LogP contribution in [0.4, 0.5) is 11.5 Å². The third-order valence-corrected chi connectivity index (χ3v) is 3.55. The standard InChI is InChI=1S/C16H14N4S/c1-10-5-8-19-16(14(10)15(17)21)20-13-4-2-3-11-6-7-18-9-12(11)13/h2-9H,1H3,(H2,17,21)(H,19,20). The van der Waals surface area contributed by atoms with Gasteiger partial charge in [-0.25, -0.2) is 4.98 Å². The first-order chi connectivity index (χ1) is 10.2. The van der Waals surface area contributed by atoms with Crippen LogP contribution in [0.5, 0.6) is 0 Å². The van der Waals surface area contributed by atoms with Crippen molar-refractivity contribution in [3.8, 4) is 0 Å². The maximum absolute atomic E-state index is 5.82. The number of benzene rings is 1. The lowest BCUT2D eigenvalue weighted by Gasteiger charge is -2.13. The second kappa shape index (κ2) is 5.46. The first-order valence-corrected chi connectivity index (χ1v) is 6.93. The van der Waals surface area contributed by atoms with Crippen molar-refractivity contribution in [2.75, 3.05) is 5.32 Å². The van der Waals surface area contributed by atoms with Crippen LogP contribution in [0.2, 0.25) is 0 Å². The Bertz CT molecular complexity index is 824. The molecule has 0 aliphatic rings. The molecule has 0 saturated carbocycles. The summed E-state index contributed by atoms with van der Waals surface area (Å²) in [6, 6.07) is 9.88. The molecular formula is C16H14N4S. The minimum absolute atomic E-state index is 0.335. The highest BCUT2D eigenvalue weighted by Crippen LogP contribution is 2.27. The molecule has 0 spiro atoms. The highest BCUT2D eigenvalue weighted by Gasteiger charge is 2.11. The van der Waals surface area contributed by atoms with Crippen LogP contribution in [-0.2, 0) is 0 Å². The Morgan fingerprint density at radius 1 is 1.19 bits per heavy atom. The molecule has 1 aromatic carbocycles. The van der Waals surface area contributed by atoms with Gasteiger partial charge < -0.3 is 11.1 Å². The van der Waals surface area contributed by atoms with Crippen LogP contribution in [0, 0.1) is 6.92 Å². The Hall–Kier alpha value is -2.53. The quantitative estimate of drug-likeness (QED) is 0.726. The SMILES string of the molecule is Cc1ccnc(Nc2cccc3ccncc23)c1C(N)=S. The summed E-state index contributed by atoms with van der Waals surface area (Å²) in [6.07, 6.45) is 5.34. The number of pyridine rings is 2. The van der Waals surface area contributed by atoms with E-state index in [0.717, 1.165) is 27.6 Å². The van der Waals surface area contributed by atoms with E-state index in [0.29, 0.717) is 10.8 Å². The van der Waals surface area contributed by atoms with Crippen molar-refractivity contribution in [1.82, 2.24) is 9.97 Å². The van der Waals surface area contributed by atoms with Crippen molar-refractivity contribution in [2.24, 2.45) is 5.73 Å². The lowest BCUT2D eigenvalue weighted by Crippen LogP contribution is -2.14. The average Bonchev–Trinajstić information content (AvgIpc) is 2.47. The summed E-state index contributed by atoms with van der Waals surface area (Å²) < 4.78 is 0. The van der Waals surface area contributed by atoms with E-state index in [1.165, 1.54) is 0 Å². The highest BCUT2D eigenvalue weighted by atomic mass is 32.1. The second-order valence-corrected chi connectivity index (χ2v) is 5.18. The zero-order valence-corrected chi connectivity index (χ0v) is 12.3. The number of aryl methyl sites for hydroxylation is 1. The summed E-state index contributed by atoms with van der Waals surface area (Å²) in [7, 11) is 0. The van der Waals surface area contributed by atoms with E-state index in [2.05, 4.69) is 15.3 Å². The molecule has 0 unspecified atom stereocenters. The van der Waals surface area contributed by atoms with Gasteiger partial charge in [-0.15, -0.1) is 0 Å². The van der Waals surface area contributed by atoms with Gasteiger partial charge in [0.05, 0.1) is 5.56 Å². The van der Waals surface area contributed by atoms with Crippen molar-refractivity contribution in [2.45, 2.75) is 6.92 Å². The van der Waals surface area contributed by atoms with Gasteiger partial charge in [-0.2, -0.15) is 0 Å². The molecule has 0 atom stereocenters. The predicted molar refractivity (Wildman–Crippen MR) is 89.9 cm³/mol. The smallest absolute Gasteiger partial charge is 0.140 e. The van der Waals surface area contributed by atoms with Gasteiger partial charge in [0, 0.05) is 29.7 Å². The molecule has 2 heterocycles. The minimum Gasteiger partial charge on any atom is -0.389 e. The Labute approximate surface area is 128 Å². The molecule has 0 saturated heterocycles. The van der Waals surface area contributed by atoms with E-state index in [1.807, 2.05) is 43.5 Å². The average molecular weight is 294 g/mol. The number of rotatable bonds is 3. The van der Waals surface area contributed by atoms with Gasteiger partial charge in [0.25, 0.3) is 0 Å². The number of hydrogen-bond acceptors (Lipinski definition) is 4. The summed E-state index contributed by atoms with van der Waals surface area (Å²) in [6.45, 7) is 1.96. The van der Waals surface area contributed by atoms with Gasteiger partial charge >= 0.3 is 0 Å². The predicted octanol–water partition coefficient (Wildman–Crippen LogP) is 3.32. The van der Waals surface area contributed by atoms with Crippen LogP contribution in [-0.4, -0.2) is 15.0 Å². The molecule has 104 valence electrons. The molecule has 21 heavy (non-hydrogen) atoms. The molecule has 5 heteroatoms. The summed E-state index contributed by atoms with van der Waals surface area (Å²) >= 11 is 5.13. The Balaban J connectivity index is 2.12. The monoisotopic (exact) mass is 294 g/mol. The number of thiocarbonyl (C=S) groups is 1. The van der Waals surface area contributed by atoms with Gasteiger partial charge in [0.2, 0.25) is 0 Å². The number of anilines is 2. The van der Waals surface area contributed by atoms with Gasteiger partial charge in [0.15, 0.2) is 0 Å². The number of hydrogen-bond donors (Lipinski definition) is 2.